The highest BCUT2D eigenvalue weighted by Crippen LogP contribution is 2.17. The number of rotatable bonds is 3. The average molecular weight is 374 g/mol. The molecule has 0 aromatic carbocycles. The summed E-state index contributed by atoms with van der Waals surface area (Å²) in [6, 6.07) is 2.11. The summed E-state index contributed by atoms with van der Waals surface area (Å²) in [7, 11) is 0. The second-order valence-corrected chi connectivity index (χ2v) is 6.41. The summed E-state index contributed by atoms with van der Waals surface area (Å²) in [6.45, 7) is 9.63. The molecule has 0 spiro atoms. The molecule has 6 nitrogen and oxygen atoms in total. The van der Waals surface area contributed by atoms with Crippen molar-refractivity contribution in [2.75, 3.05) is 19.6 Å². The largest absolute Gasteiger partial charge is 0.333 e. The fraction of sp³-hybridized carbons (Fsp3) is 0.562. The van der Waals surface area contributed by atoms with Crippen LogP contribution in [0.2, 0.25) is 0 Å². The van der Waals surface area contributed by atoms with Gasteiger partial charge < -0.3 is 10.2 Å². The van der Waals surface area contributed by atoms with E-state index in [1.54, 1.807) is 12.4 Å². The minimum atomic E-state index is 0. The topological polar surface area (TPSA) is 63.1 Å². The second-order valence-electron chi connectivity index (χ2n) is 6.41. The quantitative estimate of drug-likeness (QED) is 0.896. The number of hydrogen-bond donors (Lipinski definition) is 1. The Morgan fingerprint density at radius 3 is 2.79 bits per heavy atom. The molecule has 2 aromatic heterocycles. The molecule has 2 aromatic rings. The number of fused-ring (bicyclic) bond motifs is 1. The van der Waals surface area contributed by atoms with Crippen molar-refractivity contribution in [3.8, 4) is 0 Å². The molecular weight excluding hydrogens is 349 g/mol. The summed E-state index contributed by atoms with van der Waals surface area (Å²) in [5.41, 5.74) is 1.49. The van der Waals surface area contributed by atoms with Gasteiger partial charge in [0, 0.05) is 43.8 Å². The molecule has 8 heteroatoms. The van der Waals surface area contributed by atoms with E-state index in [0.29, 0.717) is 11.5 Å². The van der Waals surface area contributed by atoms with Crippen molar-refractivity contribution < 1.29 is 4.79 Å². The highest BCUT2D eigenvalue weighted by Gasteiger charge is 2.24. The number of hydrogen-bond acceptors (Lipinski definition) is 4. The summed E-state index contributed by atoms with van der Waals surface area (Å²) >= 11 is 0. The molecule has 0 unspecified atom stereocenters. The van der Waals surface area contributed by atoms with Crippen molar-refractivity contribution in [3.05, 3.63) is 24.0 Å². The third kappa shape index (κ3) is 4.18. The number of nitrogens with one attached hydrogen (secondary N) is 1. The molecule has 1 amide bonds. The van der Waals surface area contributed by atoms with Crippen LogP contribution in [0.1, 0.15) is 31.1 Å². The maximum Gasteiger partial charge on any atom is 0.255 e. The maximum absolute atomic E-state index is 12.7. The Kier molecular flexibility index (Phi) is 7.45. The van der Waals surface area contributed by atoms with Gasteiger partial charge in [0.15, 0.2) is 5.65 Å². The Morgan fingerprint density at radius 2 is 2.12 bits per heavy atom. The summed E-state index contributed by atoms with van der Waals surface area (Å²) < 4.78 is 1.90. The molecule has 24 heavy (non-hydrogen) atoms. The van der Waals surface area contributed by atoms with E-state index >= 15 is 0 Å². The molecule has 1 N–H and O–H groups in total. The number of aromatic nitrogens is 3. The van der Waals surface area contributed by atoms with Gasteiger partial charge in [0.25, 0.3) is 5.91 Å². The van der Waals surface area contributed by atoms with E-state index in [1.807, 2.05) is 15.6 Å². The van der Waals surface area contributed by atoms with E-state index in [2.05, 4.69) is 36.2 Å². The first-order valence-corrected chi connectivity index (χ1v) is 7.89. The lowest BCUT2D eigenvalue weighted by Crippen LogP contribution is -2.52. The minimum absolute atomic E-state index is 0. The fourth-order valence-electron chi connectivity index (χ4n) is 2.88. The molecule has 1 fully saturated rings. The molecule has 0 aliphatic carbocycles. The number of carbonyl (C=O) groups is 1. The smallest absolute Gasteiger partial charge is 0.255 e. The van der Waals surface area contributed by atoms with Gasteiger partial charge in [0.1, 0.15) is 0 Å². The van der Waals surface area contributed by atoms with Crippen molar-refractivity contribution in [2.45, 2.75) is 33.4 Å². The number of halogens is 2. The van der Waals surface area contributed by atoms with Crippen LogP contribution >= 0.6 is 24.8 Å². The molecule has 1 atom stereocenters. The third-order valence-electron chi connectivity index (χ3n) is 4.02. The van der Waals surface area contributed by atoms with Gasteiger partial charge in [0.05, 0.1) is 11.8 Å². The first kappa shape index (κ1) is 20.7. The van der Waals surface area contributed by atoms with Crippen molar-refractivity contribution in [2.24, 2.45) is 5.92 Å². The predicted octanol–water partition coefficient (Wildman–Crippen LogP) is 2.36. The lowest BCUT2D eigenvalue weighted by molar-refractivity contribution is 0.0655. The minimum Gasteiger partial charge on any atom is -0.333 e. The van der Waals surface area contributed by atoms with Crippen LogP contribution < -0.4 is 5.32 Å². The maximum atomic E-state index is 12.7. The lowest BCUT2D eigenvalue weighted by atomic mass is 10.1. The van der Waals surface area contributed by atoms with Crippen molar-refractivity contribution in [3.63, 3.8) is 0 Å². The van der Waals surface area contributed by atoms with Crippen molar-refractivity contribution >= 4 is 41.8 Å². The standard InChI is InChI=1S/C16H23N5O.2ClH/c1-11(2)10-21-15-13(9-19-21)6-14(8-18-15)16(22)20-5-4-17-7-12(20)3;;/h6,8-9,11-12,17H,4-5,7,10H2,1-3H3;2*1H/t12-;;/m0../s1. The fourth-order valence-corrected chi connectivity index (χ4v) is 2.88. The van der Waals surface area contributed by atoms with E-state index in [4.69, 9.17) is 0 Å². The summed E-state index contributed by atoms with van der Waals surface area (Å²) in [4.78, 5) is 19.1. The average Bonchev–Trinajstić information content (AvgIpc) is 2.89. The van der Waals surface area contributed by atoms with Gasteiger partial charge in [-0.2, -0.15) is 5.10 Å². The van der Waals surface area contributed by atoms with E-state index in [0.717, 1.165) is 37.2 Å². The van der Waals surface area contributed by atoms with Gasteiger partial charge >= 0.3 is 0 Å². The van der Waals surface area contributed by atoms with Gasteiger partial charge in [-0.1, -0.05) is 13.8 Å². The van der Waals surface area contributed by atoms with Crippen LogP contribution in [-0.2, 0) is 6.54 Å². The Labute approximate surface area is 154 Å². The van der Waals surface area contributed by atoms with Gasteiger partial charge in [0.2, 0.25) is 0 Å². The molecule has 1 aliphatic heterocycles. The van der Waals surface area contributed by atoms with Gasteiger partial charge in [-0.3, -0.25) is 4.79 Å². The molecule has 1 saturated heterocycles. The summed E-state index contributed by atoms with van der Waals surface area (Å²) in [5, 5.41) is 8.61. The molecular formula is C16H25Cl2N5O. The van der Waals surface area contributed by atoms with E-state index in [-0.39, 0.29) is 36.8 Å². The van der Waals surface area contributed by atoms with Crippen LogP contribution in [0.15, 0.2) is 18.5 Å². The van der Waals surface area contributed by atoms with Crippen LogP contribution in [0, 0.1) is 5.92 Å². The molecule has 1 aliphatic rings. The van der Waals surface area contributed by atoms with E-state index in [9.17, 15) is 4.79 Å². The van der Waals surface area contributed by atoms with Crippen LogP contribution in [-0.4, -0.2) is 51.2 Å². The van der Waals surface area contributed by atoms with Crippen LogP contribution in [0.4, 0.5) is 0 Å². The third-order valence-corrected chi connectivity index (χ3v) is 4.02. The van der Waals surface area contributed by atoms with Crippen molar-refractivity contribution in [1.29, 1.82) is 0 Å². The molecule has 3 heterocycles. The number of nitrogens with zero attached hydrogens (tertiary/aromatic N) is 4. The van der Waals surface area contributed by atoms with E-state index < -0.39 is 0 Å². The first-order valence-electron chi connectivity index (χ1n) is 7.89. The Bertz CT molecular complexity index is 688. The Morgan fingerprint density at radius 1 is 1.38 bits per heavy atom. The molecule has 3 rings (SSSR count). The normalized spacial score (nSPS) is 17.5. The zero-order valence-corrected chi connectivity index (χ0v) is 15.9. The van der Waals surface area contributed by atoms with Crippen molar-refractivity contribution in [1.82, 2.24) is 25.0 Å². The second kappa shape index (κ2) is 8.65. The number of amides is 1. The van der Waals surface area contributed by atoms with Crippen LogP contribution in [0.5, 0.6) is 0 Å². The van der Waals surface area contributed by atoms with Gasteiger partial charge in [-0.25, -0.2) is 9.67 Å². The molecule has 0 bridgehead atoms. The predicted molar refractivity (Wildman–Crippen MR) is 100 cm³/mol. The van der Waals surface area contributed by atoms with Gasteiger partial charge in [-0.05, 0) is 18.9 Å². The Hall–Kier alpha value is -1.37. The highest BCUT2D eigenvalue weighted by atomic mass is 35.5. The SMILES string of the molecule is CC(C)Cn1ncc2cc(C(=O)N3CCNC[C@@H]3C)cnc21.Cl.Cl. The Balaban J connectivity index is 0.00000144. The zero-order chi connectivity index (χ0) is 15.7. The number of piperazine rings is 1. The first-order chi connectivity index (χ1) is 10.6. The summed E-state index contributed by atoms with van der Waals surface area (Å²) in [6.07, 6.45) is 3.47. The monoisotopic (exact) mass is 373 g/mol. The molecule has 0 saturated carbocycles. The van der Waals surface area contributed by atoms with Gasteiger partial charge in [-0.15, -0.1) is 24.8 Å². The van der Waals surface area contributed by atoms with Crippen LogP contribution in [0.3, 0.4) is 0 Å². The highest BCUT2D eigenvalue weighted by molar-refractivity contribution is 5.97. The molecule has 134 valence electrons. The van der Waals surface area contributed by atoms with Crippen LogP contribution in [0.25, 0.3) is 11.0 Å². The molecule has 0 radical (unpaired) electrons. The number of pyridine rings is 1. The summed E-state index contributed by atoms with van der Waals surface area (Å²) in [5.74, 6) is 0.563. The number of carbonyl (C=O) groups excluding carboxylic acids is 1. The zero-order valence-electron chi connectivity index (χ0n) is 14.2. The van der Waals surface area contributed by atoms with E-state index in [1.165, 1.54) is 0 Å². The lowest BCUT2D eigenvalue weighted by Gasteiger charge is -2.33.